The van der Waals surface area contributed by atoms with E-state index in [1.54, 1.807) is 0 Å². The van der Waals surface area contributed by atoms with Crippen LogP contribution in [0.2, 0.25) is 0 Å². The van der Waals surface area contributed by atoms with Gasteiger partial charge in [0, 0.05) is 11.1 Å². The highest BCUT2D eigenvalue weighted by Gasteiger charge is 2.49. The van der Waals surface area contributed by atoms with E-state index in [1.807, 2.05) is 12.2 Å². The lowest BCUT2D eigenvalue weighted by Crippen LogP contribution is -2.58. The first kappa shape index (κ1) is 13.4. The average Bonchev–Trinajstić information content (AvgIpc) is 2.53. The second kappa shape index (κ2) is 4.59. The largest absolute Gasteiger partial charge is 0.464 e. The SMILES string of the molecule is C=C1C=C2CC=CC=C2OC12C(=C)C=C1C=CC=CC1N2C. The minimum atomic E-state index is -0.690. The zero-order valence-electron chi connectivity index (χ0n) is 12.8. The summed E-state index contributed by atoms with van der Waals surface area (Å²) in [6.07, 6.45) is 19.8. The Balaban J connectivity index is 1.86. The Morgan fingerprint density at radius 1 is 1.18 bits per heavy atom. The van der Waals surface area contributed by atoms with Gasteiger partial charge in [0.25, 0.3) is 0 Å². The third-order valence-electron chi connectivity index (χ3n) is 4.80. The fourth-order valence-corrected chi connectivity index (χ4v) is 3.64. The number of fused-ring (bicyclic) bond motifs is 2. The molecule has 2 heterocycles. The van der Waals surface area contributed by atoms with Crippen LogP contribution in [-0.4, -0.2) is 23.7 Å². The number of nitrogens with zero attached hydrogens (tertiary/aromatic N) is 1. The first-order chi connectivity index (χ1) is 10.6. The summed E-state index contributed by atoms with van der Waals surface area (Å²) in [5.74, 6) is 0.926. The molecule has 2 aliphatic carbocycles. The van der Waals surface area contributed by atoms with Crippen molar-refractivity contribution < 1.29 is 4.74 Å². The summed E-state index contributed by atoms with van der Waals surface area (Å²) in [6.45, 7) is 8.58. The van der Waals surface area contributed by atoms with E-state index in [4.69, 9.17) is 4.74 Å². The third-order valence-corrected chi connectivity index (χ3v) is 4.80. The van der Waals surface area contributed by atoms with E-state index in [2.05, 4.69) is 67.6 Å². The number of ether oxygens (including phenoxy) is 1. The molecule has 0 radical (unpaired) electrons. The second-order valence-corrected chi connectivity index (χ2v) is 6.07. The number of allylic oxidation sites excluding steroid dienone is 6. The van der Waals surface area contributed by atoms with Crippen LogP contribution in [0.5, 0.6) is 0 Å². The molecule has 2 heteroatoms. The summed E-state index contributed by atoms with van der Waals surface area (Å²) in [5.41, 5.74) is 3.61. The van der Waals surface area contributed by atoms with Crippen molar-refractivity contribution in [3.05, 3.63) is 95.9 Å². The van der Waals surface area contributed by atoms with Gasteiger partial charge in [-0.2, -0.15) is 0 Å². The number of rotatable bonds is 0. The van der Waals surface area contributed by atoms with Gasteiger partial charge in [0.2, 0.25) is 5.72 Å². The van der Waals surface area contributed by atoms with Crippen LogP contribution in [0.25, 0.3) is 0 Å². The molecule has 0 amide bonds. The van der Waals surface area contributed by atoms with Gasteiger partial charge in [0.1, 0.15) is 5.76 Å². The van der Waals surface area contributed by atoms with Gasteiger partial charge in [0.15, 0.2) is 0 Å². The normalized spacial score (nSPS) is 33.0. The summed E-state index contributed by atoms with van der Waals surface area (Å²) in [7, 11) is 2.08. The molecular weight excluding hydrogens is 270 g/mol. The Morgan fingerprint density at radius 2 is 2.00 bits per heavy atom. The fraction of sp³-hybridized carbons (Fsp3) is 0.200. The maximum absolute atomic E-state index is 6.47. The summed E-state index contributed by atoms with van der Waals surface area (Å²) in [4.78, 5) is 2.22. The Hall–Kier alpha value is -2.32. The molecule has 4 aliphatic rings. The van der Waals surface area contributed by atoms with E-state index in [1.165, 1.54) is 11.1 Å². The first-order valence-corrected chi connectivity index (χ1v) is 7.58. The van der Waals surface area contributed by atoms with E-state index >= 15 is 0 Å². The predicted molar refractivity (Wildman–Crippen MR) is 89.9 cm³/mol. The van der Waals surface area contributed by atoms with Crippen LogP contribution in [0.1, 0.15) is 6.42 Å². The van der Waals surface area contributed by atoms with Gasteiger partial charge in [-0.25, -0.2) is 0 Å². The van der Waals surface area contributed by atoms with Crippen molar-refractivity contribution in [2.24, 2.45) is 0 Å². The molecule has 110 valence electrons. The number of hydrogen-bond donors (Lipinski definition) is 0. The molecule has 0 aromatic heterocycles. The Bertz CT molecular complexity index is 757. The predicted octanol–water partition coefficient (Wildman–Crippen LogP) is 3.96. The van der Waals surface area contributed by atoms with Gasteiger partial charge < -0.3 is 4.74 Å². The molecular formula is C20H19NO. The van der Waals surface area contributed by atoms with Gasteiger partial charge in [0.05, 0.1) is 6.04 Å². The molecule has 0 fully saturated rings. The van der Waals surface area contributed by atoms with Gasteiger partial charge >= 0.3 is 0 Å². The van der Waals surface area contributed by atoms with E-state index in [0.29, 0.717) is 0 Å². The standard InChI is InChI=1S/C20H19NO/c1-14-12-16-8-4-6-10-18(16)21(3)20(14)15(2)13-17-9-5-7-11-19(17)22-20/h4-8,10-13,18H,1-2,9H2,3H3. The number of hydrogen-bond acceptors (Lipinski definition) is 2. The van der Waals surface area contributed by atoms with E-state index in [-0.39, 0.29) is 6.04 Å². The highest BCUT2D eigenvalue weighted by Crippen LogP contribution is 2.47. The molecule has 2 aliphatic heterocycles. The van der Waals surface area contributed by atoms with Crippen LogP contribution in [0.15, 0.2) is 95.9 Å². The molecule has 0 bridgehead atoms. The minimum absolute atomic E-state index is 0.182. The molecule has 2 unspecified atom stereocenters. The maximum atomic E-state index is 6.47. The summed E-state index contributed by atoms with van der Waals surface area (Å²) in [6, 6.07) is 0.182. The van der Waals surface area contributed by atoms with Crippen molar-refractivity contribution in [1.29, 1.82) is 0 Å². The Kier molecular flexibility index (Phi) is 2.78. The molecule has 2 nitrogen and oxygen atoms in total. The lowest BCUT2D eigenvalue weighted by Gasteiger charge is -2.51. The smallest absolute Gasteiger partial charge is 0.215 e. The lowest BCUT2D eigenvalue weighted by atomic mass is 9.81. The molecule has 0 N–H and O–H groups in total. The monoisotopic (exact) mass is 289 g/mol. The third kappa shape index (κ3) is 1.65. The summed E-state index contributed by atoms with van der Waals surface area (Å²) < 4.78 is 6.47. The molecule has 0 aromatic rings. The van der Waals surface area contributed by atoms with Gasteiger partial charge in [-0.05, 0) is 42.8 Å². The van der Waals surface area contributed by atoms with Crippen LogP contribution >= 0.6 is 0 Å². The van der Waals surface area contributed by atoms with Crippen LogP contribution < -0.4 is 0 Å². The average molecular weight is 289 g/mol. The molecule has 0 saturated carbocycles. The molecule has 0 saturated heterocycles. The lowest BCUT2D eigenvalue weighted by molar-refractivity contribution is -0.0639. The van der Waals surface area contributed by atoms with Crippen molar-refractivity contribution in [3.63, 3.8) is 0 Å². The molecule has 4 rings (SSSR count). The minimum Gasteiger partial charge on any atom is -0.464 e. The van der Waals surface area contributed by atoms with Crippen LogP contribution in [-0.2, 0) is 4.74 Å². The fourth-order valence-electron chi connectivity index (χ4n) is 3.64. The molecule has 2 atom stereocenters. The second-order valence-electron chi connectivity index (χ2n) is 6.07. The first-order valence-electron chi connectivity index (χ1n) is 7.58. The van der Waals surface area contributed by atoms with E-state index < -0.39 is 5.72 Å². The van der Waals surface area contributed by atoms with Crippen molar-refractivity contribution in [3.8, 4) is 0 Å². The van der Waals surface area contributed by atoms with Gasteiger partial charge in [-0.15, -0.1) is 0 Å². The van der Waals surface area contributed by atoms with Gasteiger partial charge in [-0.3, -0.25) is 4.90 Å². The maximum Gasteiger partial charge on any atom is 0.215 e. The van der Waals surface area contributed by atoms with E-state index in [9.17, 15) is 0 Å². The van der Waals surface area contributed by atoms with Crippen molar-refractivity contribution >= 4 is 0 Å². The highest BCUT2D eigenvalue weighted by molar-refractivity contribution is 5.56. The zero-order valence-corrected chi connectivity index (χ0v) is 12.8. The summed E-state index contributed by atoms with van der Waals surface area (Å²) >= 11 is 0. The van der Waals surface area contributed by atoms with Crippen molar-refractivity contribution in [2.45, 2.75) is 18.2 Å². The molecule has 0 aromatic carbocycles. The molecule has 22 heavy (non-hydrogen) atoms. The summed E-state index contributed by atoms with van der Waals surface area (Å²) in [5, 5.41) is 0. The van der Waals surface area contributed by atoms with Crippen molar-refractivity contribution in [2.75, 3.05) is 7.05 Å². The quantitative estimate of drug-likeness (QED) is 0.669. The number of likely N-dealkylation sites (N-methyl/N-ethyl adjacent to an activating group) is 1. The van der Waals surface area contributed by atoms with Crippen LogP contribution in [0, 0.1) is 0 Å². The highest BCUT2D eigenvalue weighted by atomic mass is 16.5. The molecule has 1 spiro atoms. The van der Waals surface area contributed by atoms with E-state index in [0.717, 1.165) is 23.3 Å². The Morgan fingerprint density at radius 3 is 2.86 bits per heavy atom. The van der Waals surface area contributed by atoms with Crippen LogP contribution in [0.4, 0.5) is 0 Å². The van der Waals surface area contributed by atoms with Crippen molar-refractivity contribution in [1.82, 2.24) is 4.90 Å². The topological polar surface area (TPSA) is 12.5 Å². The van der Waals surface area contributed by atoms with Gasteiger partial charge in [-0.1, -0.05) is 49.6 Å². The zero-order chi connectivity index (χ0) is 15.3. The Labute approximate surface area is 131 Å². The van der Waals surface area contributed by atoms with Crippen LogP contribution in [0.3, 0.4) is 0 Å².